The van der Waals surface area contributed by atoms with Crippen LogP contribution in [-0.2, 0) is 12.8 Å². The van der Waals surface area contributed by atoms with Crippen molar-refractivity contribution in [2.75, 3.05) is 18.4 Å². The number of nitrogens with zero attached hydrogens (tertiary/aromatic N) is 5. The summed E-state index contributed by atoms with van der Waals surface area (Å²) in [5, 5.41) is 8.20. The van der Waals surface area contributed by atoms with Crippen molar-refractivity contribution in [2.24, 2.45) is 5.73 Å². The van der Waals surface area contributed by atoms with Gasteiger partial charge in [0.25, 0.3) is 0 Å². The second-order valence-electron chi connectivity index (χ2n) is 5.70. The van der Waals surface area contributed by atoms with Gasteiger partial charge in [0.1, 0.15) is 17.2 Å². The molecule has 0 atom stereocenters. The van der Waals surface area contributed by atoms with E-state index in [2.05, 4.69) is 15.3 Å². The molecule has 0 radical (unpaired) electrons. The van der Waals surface area contributed by atoms with Gasteiger partial charge in [0, 0.05) is 36.3 Å². The second-order valence-corrected chi connectivity index (χ2v) is 5.70. The maximum Gasteiger partial charge on any atom is 0.158 e. The molecule has 0 bridgehead atoms. The molecular formula is C16H19N7. The topological polar surface area (TPSA) is 94.0 Å². The van der Waals surface area contributed by atoms with Gasteiger partial charge in [0.15, 0.2) is 5.65 Å². The van der Waals surface area contributed by atoms with Crippen molar-refractivity contribution >= 4 is 11.5 Å². The summed E-state index contributed by atoms with van der Waals surface area (Å²) in [5.74, 6) is 1.05. The van der Waals surface area contributed by atoms with E-state index in [9.17, 15) is 0 Å². The molecular weight excluding hydrogens is 290 g/mol. The predicted molar refractivity (Wildman–Crippen MR) is 88.2 cm³/mol. The Labute approximate surface area is 134 Å². The molecule has 118 valence electrons. The smallest absolute Gasteiger partial charge is 0.158 e. The molecule has 3 aromatic heterocycles. The van der Waals surface area contributed by atoms with E-state index in [1.165, 1.54) is 11.3 Å². The van der Waals surface area contributed by atoms with E-state index in [0.29, 0.717) is 6.54 Å². The number of hydrogen-bond acceptors (Lipinski definition) is 6. The number of aryl methyl sites for hydroxylation is 1. The Morgan fingerprint density at radius 3 is 3.00 bits per heavy atom. The number of fused-ring (bicyclic) bond motifs is 2. The highest BCUT2D eigenvalue weighted by molar-refractivity contribution is 5.64. The molecule has 23 heavy (non-hydrogen) atoms. The van der Waals surface area contributed by atoms with Gasteiger partial charge < -0.3 is 11.1 Å². The lowest BCUT2D eigenvalue weighted by Crippen LogP contribution is -2.14. The number of rotatable bonds is 5. The lowest BCUT2D eigenvalue weighted by molar-refractivity contribution is 0.844. The number of nitrogens with two attached hydrogens (primary N) is 1. The molecule has 3 heterocycles. The van der Waals surface area contributed by atoms with E-state index in [1.807, 2.05) is 10.6 Å². The summed E-state index contributed by atoms with van der Waals surface area (Å²) in [6, 6.07) is 1.97. The maximum absolute atomic E-state index is 5.61. The van der Waals surface area contributed by atoms with Crippen molar-refractivity contribution < 1.29 is 0 Å². The van der Waals surface area contributed by atoms with Crippen molar-refractivity contribution in [1.29, 1.82) is 0 Å². The second kappa shape index (κ2) is 5.92. The first kappa shape index (κ1) is 14.1. The zero-order valence-corrected chi connectivity index (χ0v) is 12.9. The Hall–Kier alpha value is -2.54. The molecule has 4 rings (SSSR count). The molecule has 0 fully saturated rings. The van der Waals surface area contributed by atoms with Gasteiger partial charge in [-0.15, -0.1) is 0 Å². The van der Waals surface area contributed by atoms with Gasteiger partial charge in [-0.05, 0) is 32.2 Å². The van der Waals surface area contributed by atoms with Crippen LogP contribution in [0.2, 0.25) is 0 Å². The fourth-order valence-electron chi connectivity index (χ4n) is 3.03. The fraction of sp³-hybridized carbons (Fsp3) is 0.375. The first-order valence-electron chi connectivity index (χ1n) is 7.98. The quantitative estimate of drug-likeness (QED) is 0.693. The predicted octanol–water partition coefficient (Wildman–Crippen LogP) is 1.44. The van der Waals surface area contributed by atoms with Crippen LogP contribution in [-0.4, -0.2) is 37.7 Å². The fourth-order valence-corrected chi connectivity index (χ4v) is 3.03. The normalized spacial score (nSPS) is 13.4. The van der Waals surface area contributed by atoms with Crippen molar-refractivity contribution in [3.05, 3.63) is 35.9 Å². The molecule has 1 aliphatic rings. The number of nitrogens with one attached hydrogen (secondary N) is 1. The lowest BCUT2D eigenvalue weighted by atomic mass is 10.2. The van der Waals surface area contributed by atoms with Crippen LogP contribution >= 0.6 is 0 Å². The molecule has 0 aromatic carbocycles. The summed E-state index contributed by atoms with van der Waals surface area (Å²) in [7, 11) is 0. The van der Waals surface area contributed by atoms with Crippen LogP contribution in [0, 0.1) is 0 Å². The zero-order chi connectivity index (χ0) is 15.6. The van der Waals surface area contributed by atoms with Crippen LogP contribution in [0.4, 0.5) is 5.82 Å². The summed E-state index contributed by atoms with van der Waals surface area (Å²) >= 11 is 0. The molecule has 0 spiro atoms. The summed E-state index contributed by atoms with van der Waals surface area (Å²) in [4.78, 5) is 13.2. The van der Waals surface area contributed by atoms with Crippen LogP contribution in [0.3, 0.4) is 0 Å². The van der Waals surface area contributed by atoms with Crippen molar-refractivity contribution in [3.63, 3.8) is 0 Å². The van der Waals surface area contributed by atoms with E-state index in [0.717, 1.165) is 55.1 Å². The van der Waals surface area contributed by atoms with Gasteiger partial charge in [-0.3, -0.25) is 9.97 Å². The molecule has 7 heteroatoms. The Balaban J connectivity index is 1.82. The zero-order valence-electron chi connectivity index (χ0n) is 12.9. The van der Waals surface area contributed by atoms with Crippen LogP contribution in [0.25, 0.3) is 17.0 Å². The summed E-state index contributed by atoms with van der Waals surface area (Å²) in [6.45, 7) is 1.51. The van der Waals surface area contributed by atoms with E-state index in [4.69, 9.17) is 15.8 Å². The van der Waals surface area contributed by atoms with Crippen molar-refractivity contribution in [2.45, 2.75) is 25.7 Å². The molecule has 0 saturated heterocycles. The van der Waals surface area contributed by atoms with Crippen LogP contribution in [0.15, 0.2) is 24.7 Å². The Morgan fingerprint density at radius 1 is 1.22 bits per heavy atom. The highest BCUT2D eigenvalue weighted by atomic mass is 15.3. The summed E-state index contributed by atoms with van der Waals surface area (Å²) in [5.41, 5.74) is 10.5. The SMILES string of the molecule is NCCCNc1c2c(nc3cc(-c4cnccn4)nn13)CCC2. The van der Waals surface area contributed by atoms with E-state index >= 15 is 0 Å². The Morgan fingerprint density at radius 2 is 2.17 bits per heavy atom. The van der Waals surface area contributed by atoms with E-state index < -0.39 is 0 Å². The molecule has 0 saturated carbocycles. The minimum Gasteiger partial charge on any atom is -0.370 e. The Bertz CT molecular complexity index is 825. The maximum atomic E-state index is 5.61. The molecule has 7 nitrogen and oxygen atoms in total. The van der Waals surface area contributed by atoms with E-state index in [1.54, 1.807) is 18.6 Å². The molecule has 3 aromatic rings. The summed E-state index contributed by atoms with van der Waals surface area (Å²) < 4.78 is 1.89. The minimum atomic E-state index is 0.674. The van der Waals surface area contributed by atoms with Crippen molar-refractivity contribution in [1.82, 2.24) is 24.6 Å². The van der Waals surface area contributed by atoms with Crippen LogP contribution in [0.1, 0.15) is 24.1 Å². The van der Waals surface area contributed by atoms with Gasteiger partial charge in [-0.2, -0.15) is 9.61 Å². The summed E-state index contributed by atoms with van der Waals surface area (Å²) in [6.07, 6.45) is 9.21. The third-order valence-corrected chi connectivity index (χ3v) is 4.13. The Kier molecular flexibility index (Phi) is 3.63. The van der Waals surface area contributed by atoms with Crippen molar-refractivity contribution in [3.8, 4) is 11.4 Å². The molecule has 0 aliphatic heterocycles. The largest absolute Gasteiger partial charge is 0.370 e. The first-order chi connectivity index (χ1) is 11.4. The third-order valence-electron chi connectivity index (χ3n) is 4.13. The van der Waals surface area contributed by atoms with Crippen LogP contribution < -0.4 is 11.1 Å². The van der Waals surface area contributed by atoms with Crippen LogP contribution in [0.5, 0.6) is 0 Å². The van der Waals surface area contributed by atoms with Gasteiger partial charge in [-0.25, -0.2) is 4.98 Å². The first-order valence-corrected chi connectivity index (χ1v) is 7.98. The molecule has 1 aliphatic carbocycles. The highest BCUT2D eigenvalue weighted by Crippen LogP contribution is 2.29. The van der Waals surface area contributed by atoms with Gasteiger partial charge in [0.2, 0.25) is 0 Å². The number of aromatic nitrogens is 5. The molecule has 0 unspecified atom stereocenters. The standard InChI is InChI=1S/C16H19N7/c17-5-2-6-20-16-11-3-1-4-12(11)21-15-9-13(22-23(15)16)14-10-18-7-8-19-14/h7-10,20H,1-6,17H2. The van der Waals surface area contributed by atoms with Gasteiger partial charge >= 0.3 is 0 Å². The lowest BCUT2D eigenvalue weighted by Gasteiger charge is -2.12. The van der Waals surface area contributed by atoms with E-state index in [-0.39, 0.29) is 0 Å². The van der Waals surface area contributed by atoms with Gasteiger partial charge in [-0.1, -0.05) is 0 Å². The average molecular weight is 309 g/mol. The highest BCUT2D eigenvalue weighted by Gasteiger charge is 2.21. The monoisotopic (exact) mass is 309 g/mol. The molecule has 3 N–H and O–H groups in total. The minimum absolute atomic E-state index is 0.674. The molecule has 0 amide bonds. The number of hydrogen-bond donors (Lipinski definition) is 2. The number of anilines is 1. The van der Waals surface area contributed by atoms with Gasteiger partial charge in [0.05, 0.1) is 6.20 Å². The third kappa shape index (κ3) is 2.53. The average Bonchev–Trinajstić information content (AvgIpc) is 3.21.